The third-order valence-electron chi connectivity index (χ3n) is 3.66. The maximum atomic E-state index is 9.07. The molecule has 1 N–H and O–H groups in total. The molecule has 1 aliphatic carbocycles. The molecule has 1 unspecified atom stereocenters. The van der Waals surface area contributed by atoms with E-state index in [1.54, 1.807) is 0 Å². The van der Waals surface area contributed by atoms with Crippen LogP contribution in [0.15, 0.2) is 12.1 Å². The number of benzene rings is 1. The van der Waals surface area contributed by atoms with Crippen LogP contribution in [0, 0.1) is 0 Å². The highest BCUT2D eigenvalue weighted by Gasteiger charge is 2.28. The summed E-state index contributed by atoms with van der Waals surface area (Å²) in [5.41, 5.74) is 4.40. The predicted molar refractivity (Wildman–Crippen MR) is 58.4 cm³/mol. The maximum Gasteiger partial charge on any atom is 0.122 e. The third-order valence-corrected chi connectivity index (χ3v) is 3.66. The van der Waals surface area contributed by atoms with Crippen molar-refractivity contribution in [3.8, 4) is 5.75 Å². The lowest BCUT2D eigenvalue weighted by Crippen LogP contribution is -2.00. The van der Waals surface area contributed by atoms with Gasteiger partial charge in [0.2, 0.25) is 0 Å². The monoisotopic (exact) mass is 204 g/mol. The fraction of sp³-hybridized carbons (Fsp3) is 0.538. The van der Waals surface area contributed by atoms with E-state index >= 15 is 0 Å². The van der Waals surface area contributed by atoms with Crippen molar-refractivity contribution in [2.24, 2.45) is 0 Å². The van der Waals surface area contributed by atoms with E-state index in [9.17, 15) is 0 Å². The summed E-state index contributed by atoms with van der Waals surface area (Å²) in [6.45, 7) is 1.13. The van der Waals surface area contributed by atoms with Gasteiger partial charge in [-0.2, -0.15) is 0 Å². The smallest absolute Gasteiger partial charge is 0.122 e. The van der Waals surface area contributed by atoms with Crippen molar-refractivity contribution >= 4 is 0 Å². The highest BCUT2D eigenvalue weighted by molar-refractivity contribution is 5.51. The Labute approximate surface area is 89.9 Å². The molecule has 2 aliphatic rings. The van der Waals surface area contributed by atoms with Gasteiger partial charge in [0.1, 0.15) is 5.75 Å². The molecular weight excluding hydrogens is 188 g/mol. The Kier molecular flexibility index (Phi) is 2.17. The molecule has 0 radical (unpaired) electrons. The van der Waals surface area contributed by atoms with E-state index in [4.69, 9.17) is 9.84 Å². The van der Waals surface area contributed by atoms with Crippen LogP contribution in [0.4, 0.5) is 0 Å². The lowest BCUT2D eigenvalue weighted by atomic mass is 9.92. The van der Waals surface area contributed by atoms with Gasteiger partial charge in [0.05, 0.1) is 6.61 Å². The van der Waals surface area contributed by atoms with E-state index in [0.29, 0.717) is 12.5 Å². The quantitative estimate of drug-likeness (QED) is 0.798. The molecule has 1 atom stereocenters. The van der Waals surface area contributed by atoms with Gasteiger partial charge in [-0.15, -0.1) is 0 Å². The first-order valence-electron chi connectivity index (χ1n) is 5.78. The molecule has 15 heavy (non-hydrogen) atoms. The predicted octanol–water partition coefficient (Wildman–Crippen LogP) is 2.03. The third kappa shape index (κ3) is 1.36. The van der Waals surface area contributed by atoms with E-state index in [1.165, 1.54) is 29.5 Å². The van der Waals surface area contributed by atoms with Gasteiger partial charge in [-0.3, -0.25) is 0 Å². The molecule has 0 saturated carbocycles. The highest BCUT2D eigenvalue weighted by Crippen LogP contribution is 2.42. The molecule has 0 spiro atoms. The lowest BCUT2D eigenvalue weighted by Gasteiger charge is -2.13. The molecule has 1 aromatic rings. The van der Waals surface area contributed by atoms with E-state index in [1.807, 2.05) is 0 Å². The lowest BCUT2D eigenvalue weighted by molar-refractivity contribution is 0.275. The molecular formula is C13H16O2. The van der Waals surface area contributed by atoms with E-state index in [2.05, 4.69) is 12.1 Å². The fourth-order valence-corrected chi connectivity index (χ4v) is 2.99. The summed E-state index contributed by atoms with van der Waals surface area (Å²) < 4.78 is 5.59. The zero-order valence-corrected chi connectivity index (χ0v) is 8.83. The molecule has 0 aromatic heterocycles. The van der Waals surface area contributed by atoms with Gasteiger partial charge < -0.3 is 9.84 Å². The van der Waals surface area contributed by atoms with Crippen LogP contribution in [0.3, 0.4) is 0 Å². The van der Waals surface area contributed by atoms with Crippen molar-refractivity contribution in [1.29, 1.82) is 0 Å². The largest absolute Gasteiger partial charge is 0.493 e. The average Bonchev–Trinajstić information content (AvgIpc) is 2.83. The van der Waals surface area contributed by atoms with Gasteiger partial charge in [-0.1, -0.05) is 6.07 Å². The van der Waals surface area contributed by atoms with E-state index in [-0.39, 0.29) is 0 Å². The van der Waals surface area contributed by atoms with Crippen molar-refractivity contribution in [2.45, 2.75) is 31.6 Å². The van der Waals surface area contributed by atoms with Crippen molar-refractivity contribution in [2.75, 3.05) is 13.2 Å². The molecule has 0 amide bonds. The molecule has 1 aliphatic heterocycles. The number of aliphatic hydroxyl groups excluding tert-OH is 1. The Balaban J connectivity index is 2.05. The second kappa shape index (κ2) is 3.53. The zero-order chi connectivity index (χ0) is 10.3. The Morgan fingerprint density at radius 3 is 3.13 bits per heavy atom. The minimum absolute atomic E-state index is 0.300. The topological polar surface area (TPSA) is 29.5 Å². The molecule has 3 rings (SSSR count). The first-order chi connectivity index (χ1) is 7.40. The molecule has 2 heteroatoms. The Morgan fingerprint density at radius 1 is 1.33 bits per heavy atom. The van der Waals surface area contributed by atoms with Crippen LogP contribution in [-0.4, -0.2) is 18.3 Å². The molecule has 1 heterocycles. The first-order valence-corrected chi connectivity index (χ1v) is 5.78. The number of aryl methyl sites for hydroxylation is 1. The van der Waals surface area contributed by atoms with E-state index in [0.717, 1.165) is 25.2 Å². The van der Waals surface area contributed by atoms with Gasteiger partial charge in [-0.05, 0) is 42.4 Å². The fourth-order valence-electron chi connectivity index (χ4n) is 2.99. The Hall–Kier alpha value is -1.02. The Morgan fingerprint density at radius 2 is 2.27 bits per heavy atom. The van der Waals surface area contributed by atoms with E-state index < -0.39 is 0 Å². The van der Waals surface area contributed by atoms with Crippen LogP contribution in [0.5, 0.6) is 5.75 Å². The maximum absolute atomic E-state index is 9.07. The van der Waals surface area contributed by atoms with Crippen LogP contribution in [-0.2, 0) is 12.8 Å². The number of aliphatic hydroxyl groups is 1. The van der Waals surface area contributed by atoms with Crippen molar-refractivity contribution in [3.63, 3.8) is 0 Å². The molecule has 0 saturated heterocycles. The van der Waals surface area contributed by atoms with Crippen LogP contribution in [0.25, 0.3) is 0 Å². The summed E-state index contributed by atoms with van der Waals surface area (Å²) >= 11 is 0. The second-order valence-electron chi connectivity index (χ2n) is 4.46. The van der Waals surface area contributed by atoms with Crippen molar-refractivity contribution in [3.05, 3.63) is 28.8 Å². The number of hydrogen-bond donors (Lipinski definition) is 1. The summed E-state index contributed by atoms with van der Waals surface area (Å²) in [6, 6.07) is 4.32. The average molecular weight is 204 g/mol. The number of fused-ring (bicyclic) bond motifs is 3. The van der Waals surface area contributed by atoms with Crippen LogP contribution < -0.4 is 4.74 Å². The van der Waals surface area contributed by atoms with Crippen molar-refractivity contribution in [1.82, 2.24) is 0 Å². The van der Waals surface area contributed by atoms with Gasteiger partial charge in [0.25, 0.3) is 0 Å². The summed E-state index contributed by atoms with van der Waals surface area (Å²) in [6.07, 6.45) is 4.34. The second-order valence-corrected chi connectivity index (χ2v) is 4.46. The first kappa shape index (κ1) is 9.22. The number of ether oxygens (including phenoxy) is 1. The Bertz CT molecular complexity index is 382. The molecule has 80 valence electrons. The minimum Gasteiger partial charge on any atom is -0.493 e. The molecule has 0 bridgehead atoms. The van der Waals surface area contributed by atoms with Crippen molar-refractivity contribution < 1.29 is 9.84 Å². The molecule has 0 fully saturated rings. The van der Waals surface area contributed by atoms with Gasteiger partial charge in [0, 0.05) is 18.6 Å². The number of rotatable bonds is 2. The van der Waals surface area contributed by atoms with Gasteiger partial charge in [-0.25, -0.2) is 0 Å². The van der Waals surface area contributed by atoms with Gasteiger partial charge in [0.15, 0.2) is 0 Å². The van der Waals surface area contributed by atoms with Crippen LogP contribution in [0.2, 0.25) is 0 Å². The van der Waals surface area contributed by atoms with Gasteiger partial charge >= 0.3 is 0 Å². The van der Waals surface area contributed by atoms with Crippen LogP contribution >= 0.6 is 0 Å². The minimum atomic E-state index is 0.300. The summed E-state index contributed by atoms with van der Waals surface area (Å²) in [5.74, 6) is 1.65. The standard InChI is InChI=1S/C13H16O2/c14-7-5-10-2-1-9-3-4-12-11(13(9)10)6-8-15-12/h3-4,10,14H,1-2,5-8H2. The SMILES string of the molecule is OCCC1CCc2ccc3c(c21)CCO3. The number of hydrogen-bond acceptors (Lipinski definition) is 2. The zero-order valence-electron chi connectivity index (χ0n) is 8.83. The summed E-state index contributed by atoms with van der Waals surface area (Å²) in [5, 5.41) is 9.07. The van der Waals surface area contributed by atoms with Crippen LogP contribution in [0.1, 0.15) is 35.4 Å². The molecule has 1 aromatic carbocycles. The highest BCUT2D eigenvalue weighted by atomic mass is 16.5. The normalized spacial score (nSPS) is 22.3. The molecule has 2 nitrogen and oxygen atoms in total. The summed E-state index contributed by atoms with van der Waals surface area (Å²) in [7, 11) is 0. The summed E-state index contributed by atoms with van der Waals surface area (Å²) in [4.78, 5) is 0.